The van der Waals surface area contributed by atoms with Crippen LogP contribution in [0.5, 0.6) is 0 Å². The number of hydrogen-bond acceptors (Lipinski definition) is 4. The van der Waals surface area contributed by atoms with E-state index < -0.39 is 5.54 Å². The summed E-state index contributed by atoms with van der Waals surface area (Å²) in [4.78, 5) is 14.7. The van der Waals surface area contributed by atoms with Crippen molar-refractivity contribution in [3.63, 3.8) is 0 Å². The molecule has 136 valence electrons. The lowest BCUT2D eigenvalue weighted by atomic mass is 9.90. The van der Waals surface area contributed by atoms with Crippen molar-refractivity contribution in [2.24, 2.45) is 5.73 Å². The predicted molar refractivity (Wildman–Crippen MR) is 101 cm³/mol. The van der Waals surface area contributed by atoms with E-state index in [2.05, 4.69) is 41.4 Å². The number of hydrogen-bond donors (Lipinski definition) is 2. The Morgan fingerprint density at radius 1 is 1.33 bits per heavy atom. The number of carbonyl (C=O) groups is 1. The summed E-state index contributed by atoms with van der Waals surface area (Å²) in [6, 6.07) is 8.74. The Morgan fingerprint density at radius 3 is 2.71 bits per heavy atom. The van der Waals surface area contributed by atoms with Crippen molar-refractivity contribution >= 4 is 36.4 Å². The van der Waals surface area contributed by atoms with E-state index in [1.54, 1.807) is 0 Å². The van der Waals surface area contributed by atoms with Crippen LogP contribution in [0.25, 0.3) is 0 Å². The summed E-state index contributed by atoms with van der Waals surface area (Å²) in [5, 5.41) is 3.04. The van der Waals surface area contributed by atoms with Crippen molar-refractivity contribution in [2.75, 3.05) is 31.2 Å². The zero-order valence-electron chi connectivity index (χ0n) is 14.0. The number of nitrogens with zero attached hydrogens (tertiary/aromatic N) is 1. The normalized spacial score (nSPS) is 19.5. The topological polar surface area (TPSA) is 67.6 Å². The number of amides is 1. The molecule has 1 atom stereocenters. The van der Waals surface area contributed by atoms with Gasteiger partial charge in [0.05, 0.1) is 5.54 Å². The number of para-hydroxylation sites is 1. The van der Waals surface area contributed by atoms with Gasteiger partial charge in [-0.25, -0.2) is 0 Å². The molecular formula is C17H27Cl2N3O2. The van der Waals surface area contributed by atoms with Crippen molar-refractivity contribution in [2.45, 2.75) is 37.8 Å². The number of rotatable bonds is 4. The van der Waals surface area contributed by atoms with Crippen molar-refractivity contribution in [3.8, 4) is 0 Å². The molecule has 1 aromatic rings. The van der Waals surface area contributed by atoms with Crippen molar-refractivity contribution in [1.82, 2.24) is 5.32 Å². The number of anilines is 1. The molecule has 2 aliphatic rings. The largest absolute Gasteiger partial charge is 0.381 e. The number of halogens is 2. The van der Waals surface area contributed by atoms with Gasteiger partial charge in [0.2, 0.25) is 5.91 Å². The van der Waals surface area contributed by atoms with Gasteiger partial charge in [-0.05, 0) is 37.8 Å². The average Bonchev–Trinajstić information content (AvgIpc) is 2.97. The van der Waals surface area contributed by atoms with Crippen molar-refractivity contribution in [3.05, 3.63) is 29.8 Å². The SMILES string of the molecule is CC(CNC(=O)C1(N)CCOCC1)N1CCc2ccccc21.Cl.Cl. The maximum Gasteiger partial charge on any atom is 0.240 e. The Balaban J connectivity index is 0.00000144. The highest BCUT2D eigenvalue weighted by Gasteiger charge is 2.36. The molecule has 0 radical (unpaired) electrons. The van der Waals surface area contributed by atoms with E-state index in [0.29, 0.717) is 32.6 Å². The summed E-state index contributed by atoms with van der Waals surface area (Å²) in [6.07, 6.45) is 2.27. The lowest BCUT2D eigenvalue weighted by molar-refractivity contribution is -0.129. The van der Waals surface area contributed by atoms with Crippen LogP contribution in [0.15, 0.2) is 24.3 Å². The van der Waals surface area contributed by atoms with Gasteiger partial charge in [0.15, 0.2) is 0 Å². The highest BCUT2D eigenvalue weighted by molar-refractivity contribution is 5.86. The van der Waals surface area contributed by atoms with Crippen LogP contribution in [0.4, 0.5) is 5.69 Å². The van der Waals surface area contributed by atoms with E-state index in [1.807, 2.05) is 0 Å². The Bertz CT molecular complexity index is 550. The molecule has 24 heavy (non-hydrogen) atoms. The van der Waals surface area contributed by atoms with Gasteiger partial charge < -0.3 is 20.7 Å². The Kier molecular flexibility index (Phi) is 7.80. The molecule has 1 unspecified atom stereocenters. The second kappa shape index (κ2) is 8.90. The summed E-state index contributed by atoms with van der Waals surface area (Å²) >= 11 is 0. The predicted octanol–water partition coefficient (Wildman–Crippen LogP) is 1.91. The summed E-state index contributed by atoms with van der Waals surface area (Å²) in [6.45, 7) is 4.92. The van der Waals surface area contributed by atoms with E-state index in [0.717, 1.165) is 13.0 Å². The maximum absolute atomic E-state index is 12.4. The molecule has 0 aromatic heterocycles. The molecule has 1 aromatic carbocycles. The lowest BCUT2D eigenvalue weighted by Crippen LogP contribution is -2.58. The second-order valence-electron chi connectivity index (χ2n) is 6.40. The Labute approximate surface area is 156 Å². The number of fused-ring (bicyclic) bond motifs is 1. The molecule has 3 N–H and O–H groups in total. The fourth-order valence-electron chi connectivity index (χ4n) is 3.31. The maximum atomic E-state index is 12.4. The molecule has 1 fully saturated rings. The number of benzene rings is 1. The van der Waals surface area contributed by atoms with Gasteiger partial charge in [0.1, 0.15) is 0 Å². The molecule has 7 heteroatoms. The first kappa shape index (κ1) is 21.0. The first-order valence-corrected chi connectivity index (χ1v) is 8.10. The van der Waals surface area contributed by atoms with Crippen LogP contribution in [0.3, 0.4) is 0 Å². The van der Waals surface area contributed by atoms with Crippen LogP contribution in [0, 0.1) is 0 Å². The molecule has 1 amide bonds. The summed E-state index contributed by atoms with van der Waals surface area (Å²) in [5.74, 6) is -0.0462. The van der Waals surface area contributed by atoms with Gasteiger partial charge >= 0.3 is 0 Å². The molecule has 2 heterocycles. The monoisotopic (exact) mass is 375 g/mol. The third-order valence-electron chi connectivity index (χ3n) is 4.85. The van der Waals surface area contributed by atoms with Crippen molar-refractivity contribution in [1.29, 1.82) is 0 Å². The summed E-state index contributed by atoms with van der Waals surface area (Å²) < 4.78 is 5.29. The molecule has 5 nitrogen and oxygen atoms in total. The molecule has 3 rings (SSSR count). The highest BCUT2D eigenvalue weighted by atomic mass is 35.5. The Hall–Kier alpha value is -1.01. The van der Waals surface area contributed by atoms with Gasteiger partial charge in [0, 0.05) is 38.0 Å². The number of carbonyl (C=O) groups excluding carboxylic acids is 1. The van der Waals surface area contributed by atoms with Crippen LogP contribution in [0.2, 0.25) is 0 Å². The number of nitrogens with two attached hydrogens (primary N) is 1. The fraction of sp³-hybridized carbons (Fsp3) is 0.588. The van der Waals surface area contributed by atoms with E-state index in [1.165, 1.54) is 11.3 Å². The van der Waals surface area contributed by atoms with Crippen LogP contribution >= 0.6 is 24.8 Å². The third kappa shape index (κ3) is 4.33. The lowest BCUT2D eigenvalue weighted by Gasteiger charge is -2.33. The molecule has 1 saturated heterocycles. The number of ether oxygens (including phenoxy) is 1. The van der Waals surface area contributed by atoms with E-state index >= 15 is 0 Å². The standard InChI is InChI=1S/C17H25N3O2.2ClH/c1-13(20-9-6-14-4-2-3-5-15(14)20)12-19-16(21)17(18)7-10-22-11-8-17;;/h2-5,13H,6-12,18H2,1H3,(H,19,21);2*1H. The van der Waals surface area contributed by atoms with E-state index in [4.69, 9.17) is 10.5 Å². The van der Waals surface area contributed by atoms with Crippen LogP contribution in [0.1, 0.15) is 25.3 Å². The van der Waals surface area contributed by atoms with Gasteiger partial charge in [-0.3, -0.25) is 4.79 Å². The zero-order valence-corrected chi connectivity index (χ0v) is 15.6. The van der Waals surface area contributed by atoms with E-state index in [-0.39, 0.29) is 36.8 Å². The molecule has 0 saturated carbocycles. The molecule has 0 spiro atoms. The van der Waals surface area contributed by atoms with Gasteiger partial charge in [-0.15, -0.1) is 24.8 Å². The average molecular weight is 376 g/mol. The summed E-state index contributed by atoms with van der Waals surface area (Å²) in [7, 11) is 0. The van der Waals surface area contributed by atoms with Crippen LogP contribution < -0.4 is 16.0 Å². The quantitative estimate of drug-likeness (QED) is 0.843. The Morgan fingerprint density at radius 2 is 2.00 bits per heavy atom. The third-order valence-corrected chi connectivity index (χ3v) is 4.85. The minimum absolute atomic E-state index is 0. The van der Waals surface area contributed by atoms with Gasteiger partial charge in [0.25, 0.3) is 0 Å². The van der Waals surface area contributed by atoms with Gasteiger partial charge in [-0.2, -0.15) is 0 Å². The molecule has 0 aliphatic carbocycles. The van der Waals surface area contributed by atoms with Gasteiger partial charge in [-0.1, -0.05) is 18.2 Å². The number of nitrogens with one attached hydrogen (secondary N) is 1. The first-order chi connectivity index (χ1) is 10.6. The smallest absolute Gasteiger partial charge is 0.240 e. The van der Waals surface area contributed by atoms with Crippen molar-refractivity contribution < 1.29 is 9.53 Å². The van der Waals surface area contributed by atoms with Crippen LogP contribution in [-0.4, -0.2) is 43.8 Å². The first-order valence-electron chi connectivity index (χ1n) is 8.10. The second-order valence-corrected chi connectivity index (χ2v) is 6.40. The molecule has 0 bridgehead atoms. The molecular weight excluding hydrogens is 349 g/mol. The minimum atomic E-state index is -0.763. The minimum Gasteiger partial charge on any atom is -0.381 e. The summed E-state index contributed by atoms with van der Waals surface area (Å²) in [5.41, 5.74) is 8.13. The fourth-order valence-corrected chi connectivity index (χ4v) is 3.31. The zero-order chi connectivity index (χ0) is 15.6. The molecule has 2 aliphatic heterocycles. The van der Waals surface area contributed by atoms with Crippen LogP contribution in [-0.2, 0) is 16.0 Å². The highest BCUT2D eigenvalue weighted by Crippen LogP contribution is 2.29. The van der Waals surface area contributed by atoms with E-state index in [9.17, 15) is 4.79 Å².